The summed E-state index contributed by atoms with van der Waals surface area (Å²) in [4.78, 5) is 21.9. The predicted molar refractivity (Wildman–Crippen MR) is 73.8 cm³/mol. The summed E-state index contributed by atoms with van der Waals surface area (Å²) in [6, 6.07) is 0.906. The van der Waals surface area contributed by atoms with E-state index >= 15 is 0 Å². The van der Waals surface area contributed by atoms with Crippen LogP contribution in [0.1, 0.15) is 24.1 Å². The Kier molecular flexibility index (Phi) is 3.64. The third kappa shape index (κ3) is 2.83. The third-order valence-electron chi connectivity index (χ3n) is 3.89. The molecule has 0 spiro atoms. The Hall–Kier alpha value is -1.96. The van der Waals surface area contributed by atoms with E-state index in [9.17, 15) is 18.0 Å². The van der Waals surface area contributed by atoms with E-state index in [-0.39, 0.29) is 23.3 Å². The van der Waals surface area contributed by atoms with Crippen molar-refractivity contribution in [3.63, 3.8) is 0 Å². The monoisotopic (exact) mass is 312 g/mol. The maximum atomic E-state index is 12.7. The van der Waals surface area contributed by atoms with Gasteiger partial charge in [0.2, 0.25) is 0 Å². The van der Waals surface area contributed by atoms with Gasteiger partial charge in [0.15, 0.2) is 0 Å². The van der Waals surface area contributed by atoms with Gasteiger partial charge in [0, 0.05) is 31.7 Å². The number of rotatable bonds is 1. The smallest absolute Gasteiger partial charge is 0.336 e. The van der Waals surface area contributed by atoms with Gasteiger partial charge in [-0.2, -0.15) is 13.2 Å². The average molecular weight is 312 g/mol. The number of pyridine rings is 1. The Morgan fingerprint density at radius 2 is 2.14 bits per heavy atom. The average Bonchev–Trinajstić information content (AvgIpc) is 2.91. The SMILES string of the molecule is NC1CCN(C(=O)C2=Nc3cc(C(F)(F)F)cnc3CC2)C1. The number of nitrogens with zero attached hydrogens (tertiary/aromatic N) is 3. The van der Waals surface area contributed by atoms with E-state index in [1.807, 2.05) is 0 Å². The number of fused-ring (bicyclic) bond motifs is 1. The second kappa shape index (κ2) is 5.35. The zero-order valence-electron chi connectivity index (χ0n) is 11.7. The molecule has 1 saturated heterocycles. The number of aryl methyl sites for hydroxylation is 1. The van der Waals surface area contributed by atoms with Crippen LogP contribution >= 0.6 is 0 Å². The van der Waals surface area contributed by atoms with Crippen molar-refractivity contribution in [1.82, 2.24) is 9.88 Å². The Bertz CT molecular complexity index is 641. The van der Waals surface area contributed by atoms with E-state index in [1.54, 1.807) is 4.90 Å². The van der Waals surface area contributed by atoms with E-state index in [2.05, 4.69) is 9.98 Å². The molecule has 3 rings (SSSR count). The molecule has 22 heavy (non-hydrogen) atoms. The molecule has 0 bridgehead atoms. The van der Waals surface area contributed by atoms with Crippen molar-refractivity contribution in [2.45, 2.75) is 31.5 Å². The summed E-state index contributed by atoms with van der Waals surface area (Å²) in [5, 5.41) is 0. The minimum absolute atomic E-state index is 0.0427. The molecule has 0 aromatic carbocycles. The molecule has 1 atom stereocenters. The maximum Gasteiger partial charge on any atom is 0.417 e. The number of amides is 1. The van der Waals surface area contributed by atoms with Crippen molar-refractivity contribution in [2.75, 3.05) is 13.1 Å². The van der Waals surface area contributed by atoms with Crippen molar-refractivity contribution in [2.24, 2.45) is 10.7 Å². The van der Waals surface area contributed by atoms with Gasteiger partial charge in [-0.3, -0.25) is 9.78 Å². The molecule has 2 N–H and O–H groups in total. The lowest BCUT2D eigenvalue weighted by atomic mass is 10.0. The van der Waals surface area contributed by atoms with Crippen LogP contribution in [0.4, 0.5) is 18.9 Å². The topological polar surface area (TPSA) is 71.6 Å². The van der Waals surface area contributed by atoms with Crippen molar-refractivity contribution in [1.29, 1.82) is 0 Å². The van der Waals surface area contributed by atoms with Crippen LogP contribution in [0.15, 0.2) is 17.3 Å². The third-order valence-corrected chi connectivity index (χ3v) is 3.89. The number of carbonyl (C=O) groups is 1. The summed E-state index contributed by atoms with van der Waals surface area (Å²) in [6.07, 6.45) is -2.13. The van der Waals surface area contributed by atoms with Crippen LogP contribution in [-0.2, 0) is 17.4 Å². The number of likely N-dealkylation sites (tertiary alicyclic amines) is 1. The highest BCUT2D eigenvalue weighted by molar-refractivity contribution is 6.39. The van der Waals surface area contributed by atoms with E-state index in [4.69, 9.17) is 5.73 Å². The van der Waals surface area contributed by atoms with Crippen LogP contribution in [0.2, 0.25) is 0 Å². The molecule has 1 amide bonds. The van der Waals surface area contributed by atoms with Gasteiger partial charge in [-0.05, 0) is 18.9 Å². The van der Waals surface area contributed by atoms with Crippen molar-refractivity contribution in [3.8, 4) is 0 Å². The molecule has 2 aliphatic rings. The Labute approximate surface area is 125 Å². The van der Waals surface area contributed by atoms with Gasteiger partial charge in [-0.25, -0.2) is 4.99 Å². The molecule has 5 nitrogen and oxygen atoms in total. The van der Waals surface area contributed by atoms with Crippen LogP contribution in [0.5, 0.6) is 0 Å². The number of halogens is 3. The minimum atomic E-state index is -4.47. The molecule has 1 aromatic rings. The number of aliphatic imine (C=N–C) groups is 1. The Morgan fingerprint density at radius 3 is 2.77 bits per heavy atom. The molecule has 3 heterocycles. The lowest BCUT2D eigenvalue weighted by Crippen LogP contribution is -2.37. The standard InChI is InChI=1S/C14H15F3N4O/c15-14(16,17)8-5-12-10(19-6-8)1-2-11(20-12)13(22)21-4-3-9(18)7-21/h5-6,9H,1-4,7,18H2. The second-order valence-corrected chi connectivity index (χ2v) is 5.55. The first-order chi connectivity index (χ1) is 10.3. The Morgan fingerprint density at radius 1 is 1.36 bits per heavy atom. The van der Waals surface area contributed by atoms with Gasteiger partial charge in [-0.15, -0.1) is 0 Å². The van der Waals surface area contributed by atoms with Gasteiger partial charge >= 0.3 is 6.18 Å². The van der Waals surface area contributed by atoms with Gasteiger partial charge < -0.3 is 10.6 Å². The molecule has 0 aliphatic carbocycles. The van der Waals surface area contributed by atoms with Crippen LogP contribution < -0.4 is 5.73 Å². The number of alkyl halides is 3. The number of hydrogen-bond acceptors (Lipinski definition) is 4. The van der Waals surface area contributed by atoms with Crippen LogP contribution in [-0.4, -0.2) is 40.6 Å². The first-order valence-corrected chi connectivity index (χ1v) is 7.03. The first-order valence-electron chi connectivity index (χ1n) is 7.03. The van der Waals surface area contributed by atoms with Gasteiger partial charge in [0.1, 0.15) is 5.71 Å². The predicted octanol–water partition coefficient (Wildman–Crippen LogP) is 1.68. The molecular weight excluding hydrogens is 297 g/mol. The summed E-state index contributed by atoms with van der Waals surface area (Å²) in [7, 11) is 0. The molecule has 0 saturated carbocycles. The summed E-state index contributed by atoms with van der Waals surface area (Å²) >= 11 is 0. The van der Waals surface area contributed by atoms with Crippen molar-refractivity contribution >= 4 is 17.3 Å². The highest BCUT2D eigenvalue weighted by atomic mass is 19.4. The fraction of sp³-hybridized carbons (Fsp3) is 0.500. The fourth-order valence-corrected chi connectivity index (χ4v) is 2.67. The van der Waals surface area contributed by atoms with E-state index < -0.39 is 11.7 Å². The highest BCUT2D eigenvalue weighted by Gasteiger charge is 2.33. The first kappa shape index (κ1) is 15.0. The molecule has 1 aromatic heterocycles. The number of aromatic nitrogens is 1. The second-order valence-electron chi connectivity index (χ2n) is 5.55. The van der Waals surface area contributed by atoms with Crippen molar-refractivity contribution < 1.29 is 18.0 Å². The lowest BCUT2D eigenvalue weighted by molar-refractivity contribution is -0.137. The molecule has 118 valence electrons. The molecular formula is C14H15F3N4O. The van der Waals surface area contributed by atoms with Crippen LogP contribution in [0.25, 0.3) is 0 Å². The highest BCUT2D eigenvalue weighted by Crippen LogP contribution is 2.34. The summed E-state index contributed by atoms with van der Waals surface area (Å²) in [6.45, 7) is 1.03. The van der Waals surface area contributed by atoms with Crippen LogP contribution in [0.3, 0.4) is 0 Å². The number of hydrogen-bond donors (Lipinski definition) is 1. The summed E-state index contributed by atoms with van der Waals surface area (Å²) in [5.74, 6) is -0.240. The largest absolute Gasteiger partial charge is 0.417 e. The number of nitrogens with two attached hydrogens (primary N) is 1. The lowest BCUT2D eigenvalue weighted by Gasteiger charge is -2.20. The zero-order valence-corrected chi connectivity index (χ0v) is 11.7. The number of carbonyl (C=O) groups excluding carboxylic acids is 1. The maximum absolute atomic E-state index is 12.7. The van der Waals surface area contributed by atoms with Gasteiger partial charge in [-0.1, -0.05) is 0 Å². The molecule has 2 aliphatic heterocycles. The van der Waals surface area contributed by atoms with E-state index in [0.717, 1.165) is 18.7 Å². The van der Waals surface area contributed by atoms with Gasteiger partial charge in [0.05, 0.1) is 16.9 Å². The van der Waals surface area contributed by atoms with Crippen LogP contribution in [0, 0.1) is 0 Å². The van der Waals surface area contributed by atoms with E-state index in [1.165, 1.54) is 0 Å². The summed E-state index contributed by atoms with van der Waals surface area (Å²) < 4.78 is 38.2. The molecule has 8 heteroatoms. The zero-order chi connectivity index (χ0) is 15.9. The Balaban J connectivity index is 1.87. The quantitative estimate of drug-likeness (QED) is 0.857. The molecule has 1 unspecified atom stereocenters. The molecule has 1 fully saturated rings. The van der Waals surface area contributed by atoms with E-state index in [0.29, 0.717) is 31.6 Å². The summed E-state index contributed by atoms with van der Waals surface area (Å²) in [5.41, 5.74) is 5.81. The minimum Gasteiger partial charge on any atom is -0.336 e. The normalized spacial score (nSPS) is 21.5. The van der Waals surface area contributed by atoms with Crippen molar-refractivity contribution in [3.05, 3.63) is 23.5 Å². The van der Waals surface area contributed by atoms with Gasteiger partial charge in [0.25, 0.3) is 5.91 Å². The fourth-order valence-electron chi connectivity index (χ4n) is 2.67. The molecule has 0 radical (unpaired) electrons.